The third kappa shape index (κ3) is 5.34. The summed E-state index contributed by atoms with van der Waals surface area (Å²) in [6.45, 7) is 6.30. The van der Waals surface area contributed by atoms with Gasteiger partial charge in [0.2, 0.25) is 0 Å². The van der Waals surface area contributed by atoms with Gasteiger partial charge in [0.25, 0.3) is 0 Å². The normalized spacial score (nSPS) is 19.2. The zero-order valence-corrected chi connectivity index (χ0v) is 16.7. The topological polar surface area (TPSA) is 35.9 Å². The summed E-state index contributed by atoms with van der Waals surface area (Å²) in [5.41, 5.74) is 4.11. The number of piperidine rings is 1. The summed E-state index contributed by atoms with van der Waals surface area (Å²) in [6, 6.07) is 16.9. The lowest BCUT2D eigenvalue weighted by atomic mass is 10.00. The van der Waals surface area contributed by atoms with Crippen LogP contribution in [0.5, 0.6) is 5.75 Å². The molecule has 0 unspecified atom stereocenters. The third-order valence-electron chi connectivity index (χ3n) is 5.87. The molecule has 1 fully saturated rings. The minimum absolute atomic E-state index is 0.339. The van der Waals surface area contributed by atoms with Gasteiger partial charge in [-0.2, -0.15) is 0 Å². The average molecular weight is 381 g/mol. The van der Waals surface area contributed by atoms with E-state index in [1.165, 1.54) is 49.0 Å². The SMILES string of the molecule is O[C@H](COc1cccc(CN2CCCCC2)c1)CN1CCc2ccccc2C1. The van der Waals surface area contributed by atoms with Gasteiger partial charge in [0.15, 0.2) is 0 Å². The fourth-order valence-corrected chi connectivity index (χ4v) is 4.36. The van der Waals surface area contributed by atoms with E-state index in [0.29, 0.717) is 13.2 Å². The van der Waals surface area contributed by atoms with Gasteiger partial charge >= 0.3 is 0 Å². The molecule has 2 aromatic carbocycles. The molecule has 2 aromatic rings. The van der Waals surface area contributed by atoms with Crippen molar-refractivity contribution in [3.05, 3.63) is 65.2 Å². The predicted molar refractivity (Wildman–Crippen MR) is 112 cm³/mol. The Hall–Kier alpha value is -1.88. The van der Waals surface area contributed by atoms with Crippen molar-refractivity contribution in [1.82, 2.24) is 9.80 Å². The van der Waals surface area contributed by atoms with Crippen molar-refractivity contribution in [2.45, 2.75) is 44.9 Å². The van der Waals surface area contributed by atoms with Crippen molar-refractivity contribution >= 4 is 0 Å². The number of hydrogen-bond acceptors (Lipinski definition) is 4. The lowest BCUT2D eigenvalue weighted by Gasteiger charge is -2.30. The second-order valence-electron chi connectivity index (χ2n) is 8.20. The second kappa shape index (κ2) is 9.55. The number of aliphatic hydroxyl groups is 1. The fraction of sp³-hybridized carbons (Fsp3) is 0.500. The van der Waals surface area contributed by atoms with Crippen LogP contribution in [-0.4, -0.2) is 53.8 Å². The summed E-state index contributed by atoms with van der Waals surface area (Å²) in [5, 5.41) is 10.5. The Morgan fingerprint density at radius 2 is 1.71 bits per heavy atom. The first-order valence-corrected chi connectivity index (χ1v) is 10.7. The molecule has 0 radical (unpaired) electrons. The van der Waals surface area contributed by atoms with Gasteiger partial charge in [-0.05, 0) is 61.2 Å². The van der Waals surface area contributed by atoms with Crippen molar-refractivity contribution in [2.24, 2.45) is 0 Å². The highest BCUT2D eigenvalue weighted by molar-refractivity contribution is 5.29. The van der Waals surface area contributed by atoms with Gasteiger partial charge in [-0.15, -0.1) is 0 Å². The van der Waals surface area contributed by atoms with Crippen LogP contribution in [0.15, 0.2) is 48.5 Å². The van der Waals surface area contributed by atoms with E-state index in [-0.39, 0.29) is 0 Å². The predicted octanol–water partition coefficient (Wildman–Crippen LogP) is 3.47. The molecule has 2 aliphatic heterocycles. The van der Waals surface area contributed by atoms with Gasteiger partial charge in [-0.1, -0.05) is 42.8 Å². The fourth-order valence-electron chi connectivity index (χ4n) is 4.36. The minimum atomic E-state index is -0.476. The van der Waals surface area contributed by atoms with Crippen molar-refractivity contribution < 1.29 is 9.84 Å². The van der Waals surface area contributed by atoms with E-state index < -0.39 is 6.10 Å². The maximum atomic E-state index is 10.5. The maximum Gasteiger partial charge on any atom is 0.119 e. The summed E-state index contributed by atoms with van der Waals surface area (Å²) in [5.74, 6) is 0.859. The van der Waals surface area contributed by atoms with Crippen LogP contribution in [-0.2, 0) is 19.5 Å². The zero-order valence-electron chi connectivity index (χ0n) is 16.7. The van der Waals surface area contributed by atoms with Gasteiger partial charge in [-0.3, -0.25) is 9.80 Å². The Morgan fingerprint density at radius 1 is 0.893 bits per heavy atom. The van der Waals surface area contributed by atoms with E-state index in [4.69, 9.17) is 4.74 Å². The van der Waals surface area contributed by atoms with Gasteiger partial charge in [0, 0.05) is 26.2 Å². The molecule has 1 atom stereocenters. The number of rotatable bonds is 7. The van der Waals surface area contributed by atoms with Crippen LogP contribution in [0, 0.1) is 0 Å². The van der Waals surface area contributed by atoms with Crippen LogP contribution in [0.2, 0.25) is 0 Å². The highest BCUT2D eigenvalue weighted by Gasteiger charge is 2.19. The summed E-state index contributed by atoms with van der Waals surface area (Å²) in [7, 11) is 0. The number of nitrogens with zero attached hydrogens (tertiary/aromatic N) is 2. The summed E-state index contributed by atoms with van der Waals surface area (Å²) in [6.07, 6.45) is 4.56. The molecule has 4 nitrogen and oxygen atoms in total. The molecule has 0 spiro atoms. The molecule has 0 saturated carbocycles. The molecule has 0 aliphatic carbocycles. The molecule has 1 N–H and O–H groups in total. The average Bonchev–Trinajstić information content (AvgIpc) is 2.73. The lowest BCUT2D eigenvalue weighted by Crippen LogP contribution is -2.38. The smallest absolute Gasteiger partial charge is 0.119 e. The number of benzene rings is 2. The molecule has 4 heteroatoms. The van der Waals surface area contributed by atoms with E-state index >= 15 is 0 Å². The molecule has 150 valence electrons. The number of β-amino-alcohol motifs (C(OH)–C–C–N with tert-alkyl or cyclic N) is 1. The highest BCUT2D eigenvalue weighted by atomic mass is 16.5. The number of ether oxygens (including phenoxy) is 1. The van der Waals surface area contributed by atoms with Gasteiger partial charge in [0.1, 0.15) is 18.5 Å². The zero-order chi connectivity index (χ0) is 19.2. The van der Waals surface area contributed by atoms with E-state index in [9.17, 15) is 5.11 Å². The lowest BCUT2D eigenvalue weighted by molar-refractivity contribution is 0.0637. The first kappa shape index (κ1) is 19.4. The maximum absolute atomic E-state index is 10.5. The molecule has 0 bridgehead atoms. The standard InChI is InChI=1S/C24H32N2O2/c27-23(18-26-14-11-21-8-2-3-9-22(21)17-26)19-28-24-10-6-7-20(15-24)16-25-12-4-1-5-13-25/h2-3,6-10,15,23,27H,1,4-5,11-14,16-19H2/t23-/m0/s1. The van der Waals surface area contributed by atoms with Crippen molar-refractivity contribution in [2.75, 3.05) is 32.8 Å². The molecule has 0 aromatic heterocycles. The Labute approximate surface area is 168 Å². The molecule has 4 rings (SSSR count). The molecule has 2 heterocycles. The Kier molecular flexibility index (Phi) is 6.63. The van der Waals surface area contributed by atoms with Crippen LogP contribution in [0.25, 0.3) is 0 Å². The van der Waals surface area contributed by atoms with Gasteiger partial charge in [0.05, 0.1) is 0 Å². The van der Waals surface area contributed by atoms with Gasteiger partial charge in [-0.25, -0.2) is 0 Å². The number of fused-ring (bicyclic) bond motifs is 1. The summed E-state index contributed by atoms with van der Waals surface area (Å²) >= 11 is 0. The molecule has 1 saturated heterocycles. The van der Waals surface area contributed by atoms with Crippen molar-refractivity contribution in [1.29, 1.82) is 0 Å². The monoisotopic (exact) mass is 380 g/mol. The Bertz CT molecular complexity index is 758. The molecule has 0 amide bonds. The van der Waals surface area contributed by atoms with Gasteiger partial charge < -0.3 is 9.84 Å². The first-order valence-electron chi connectivity index (χ1n) is 10.7. The third-order valence-corrected chi connectivity index (χ3v) is 5.87. The minimum Gasteiger partial charge on any atom is -0.491 e. The van der Waals surface area contributed by atoms with Crippen LogP contribution in [0.1, 0.15) is 36.0 Å². The molecular weight excluding hydrogens is 348 g/mol. The Morgan fingerprint density at radius 3 is 2.57 bits per heavy atom. The van der Waals surface area contributed by atoms with Crippen LogP contribution >= 0.6 is 0 Å². The number of hydrogen-bond donors (Lipinski definition) is 1. The Balaban J connectivity index is 1.24. The molecular formula is C24H32N2O2. The second-order valence-corrected chi connectivity index (χ2v) is 8.20. The van der Waals surface area contributed by atoms with Crippen LogP contribution in [0.3, 0.4) is 0 Å². The molecule has 2 aliphatic rings. The van der Waals surface area contributed by atoms with Crippen molar-refractivity contribution in [3.63, 3.8) is 0 Å². The van der Waals surface area contributed by atoms with Crippen LogP contribution < -0.4 is 4.74 Å². The van der Waals surface area contributed by atoms with E-state index in [2.05, 4.69) is 52.3 Å². The quantitative estimate of drug-likeness (QED) is 0.798. The van der Waals surface area contributed by atoms with E-state index in [1.54, 1.807) is 0 Å². The molecule has 28 heavy (non-hydrogen) atoms. The largest absolute Gasteiger partial charge is 0.491 e. The van der Waals surface area contributed by atoms with Crippen LogP contribution in [0.4, 0.5) is 0 Å². The van der Waals surface area contributed by atoms with Crippen molar-refractivity contribution in [3.8, 4) is 5.75 Å². The van der Waals surface area contributed by atoms with E-state index in [0.717, 1.165) is 31.8 Å². The summed E-state index contributed by atoms with van der Waals surface area (Å²) in [4.78, 5) is 4.84. The van der Waals surface area contributed by atoms with E-state index in [1.807, 2.05) is 6.07 Å². The summed E-state index contributed by atoms with van der Waals surface area (Å²) < 4.78 is 5.91. The number of likely N-dealkylation sites (tertiary alicyclic amines) is 1. The highest BCUT2D eigenvalue weighted by Crippen LogP contribution is 2.20. The number of aliphatic hydroxyl groups excluding tert-OH is 1. The first-order chi connectivity index (χ1) is 13.8.